The maximum atomic E-state index is 12.8. The van der Waals surface area contributed by atoms with Gasteiger partial charge in [-0.15, -0.1) is 0 Å². The molecule has 2 amide bonds. The number of allylic oxidation sites excluding steroid dienone is 1. The fourth-order valence-electron chi connectivity index (χ4n) is 4.74. The standard InChI is InChI=1S/C22H29N5O2/c28-22(24-21-14-17-3-9-26(21)10-4-17)27-11-5-20-18(16-27)15-19(29-20)2-1-8-25-12-6-23-7-13-25/h5,11,15-17,20-21,23H,3-4,6-10,12-14H2,(H,24,28). The molecule has 0 radical (unpaired) electrons. The number of hydrogen-bond acceptors (Lipinski definition) is 5. The Kier molecular flexibility index (Phi) is 5.32. The van der Waals surface area contributed by atoms with E-state index in [1.807, 2.05) is 18.4 Å². The second kappa shape index (κ2) is 8.23. The number of nitrogens with one attached hydrogen (secondary N) is 2. The van der Waals surface area contributed by atoms with Gasteiger partial charge in [0.25, 0.3) is 0 Å². The highest BCUT2D eigenvalue weighted by molar-refractivity contribution is 5.77. The highest BCUT2D eigenvalue weighted by Gasteiger charge is 2.35. The molecule has 0 aliphatic carbocycles. The van der Waals surface area contributed by atoms with Gasteiger partial charge < -0.3 is 15.4 Å². The van der Waals surface area contributed by atoms with Crippen molar-refractivity contribution in [3.8, 4) is 11.8 Å². The van der Waals surface area contributed by atoms with Crippen LogP contribution in [-0.2, 0) is 4.74 Å². The van der Waals surface area contributed by atoms with Gasteiger partial charge in [-0.05, 0) is 43.3 Å². The van der Waals surface area contributed by atoms with Crippen LogP contribution in [0.2, 0.25) is 0 Å². The minimum atomic E-state index is -0.142. The Morgan fingerprint density at radius 3 is 2.83 bits per heavy atom. The first-order chi connectivity index (χ1) is 14.2. The van der Waals surface area contributed by atoms with Gasteiger partial charge in [-0.2, -0.15) is 0 Å². The predicted octanol–water partition coefficient (Wildman–Crippen LogP) is 1.04. The zero-order valence-corrected chi connectivity index (χ0v) is 16.8. The average Bonchev–Trinajstić information content (AvgIpc) is 3.17. The summed E-state index contributed by atoms with van der Waals surface area (Å²) < 4.78 is 5.91. The molecule has 154 valence electrons. The highest BCUT2D eigenvalue weighted by atomic mass is 16.5. The smallest absolute Gasteiger partial charge is 0.326 e. The lowest BCUT2D eigenvalue weighted by Gasteiger charge is -2.45. The number of carbonyl (C=O) groups excluding carboxylic acids is 1. The normalized spacial score (nSPS) is 33.2. The summed E-state index contributed by atoms with van der Waals surface area (Å²) in [6, 6.07) is -0.0728. The Bertz CT molecular complexity index is 794. The van der Waals surface area contributed by atoms with Crippen LogP contribution < -0.4 is 10.6 Å². The fraction of sp³-hybridized carbons (Fsp3) is 0.591. The molecule has 7 nitrogen and oxygen atoms in total. The Morgan fingerprint density at radius 2 is 2.07 bits per heavy atom. The molecule has 0 aromatic heterocycles. The van der Waals surface area contributed by atoms with Crippen LogP contribution in [0.25, 0.3) is 0 Å². The number of rotatable bonds is 2. The second-order valence-corrected chi connectivity index (χ2v) is 8.43. The van der Waals surface area contributed by atoms with E-state index in [2.05, 4.69) is 32.3 Å². The van der Waals surface area contributed by atoms with E-state index in [-0.39, 0.29) is 18.3 Å². The lowest BCUT2D eigenvalue weighted by atomic mass is 9.86. The number of hydrogen-bond donors (Lipinski definition) is 2. The van der Waals surface area contributed by atoms with Crippen LogP contribution in [0.1, 0.15) is 19.3 Å². The van der Waals surface area contributed by atoms with Crippen LogP contribution in [0.5, 0.6) is 0 Å². The summed E-state index contributed by atoms with van der Waals surface area (Å²) in [5, 5.41) is 6.54. The topological polar surface area (TPSA) is 60.1 Å². The molecular formula is C22H29N5O2. The van der Waals surface area contributed by atoms with Gasteiger partial charge in [0.15, 0.2) is 5.76 Å². The van der Waals surface area contributed by atoms with Gasteiger partial charge in [-0.3, -0.25) is 14.7 Å². The lowest BCUT2D eigenvalue weighted by molar-refractivity contribution is 0.0357. The molecule has 2 N–H and O–H groups in total. The third-order valence-electron chi connectivity index (χ3n) is 6.48. The Hall–Kier alpha value is -2.27. The predicted molar refractivity (Wildman–Crippen MR) is 110 cm³/mol. The first-order valence-corrected chi connectivity index (χ1v) is 10.8. The number of urea groups is 1. The van der Waals surface area contributed by atoms with Gasteiger partial charge in [0, 0.05) is 57.2 Å². The Balaban J connectivity index is 1.18. The maximum Gasteiger partial charge on any atom is 0.326 e. The summed E-state index contributed by atoms with van der Waals surface area (Å²) in [7, 11) is 0. The number of amides is 2. The molecule has 0 saturated carbocycles. The summed E-state index contributed by atoms with van der Waals surface area (Å²) in [4.78, 5) is 19.1. The van der Waals surface area contributed by atoms with Crippen LogP contribution in [0.4, 0.5) is 4.79 Å². The number of piperidine rings is 3. The minimum absolute atomic E-state index is 0.0728. The first kappa shape index (κ1) is 18.7. The zero-order valence-electron chi connectivity index (χ0n) is 16.8. The summed E-state index contributed by atoms with van der Waals surface area (Å²) >= 11 is 0. The molecule has 2 bridgehead atoms. The quantitative estimate of drug-likeness (QED) is 0.685. The van der Waals surface area contributed by atoms with Crippen LogP contribution >= 0.6 is 0 Å². The van der Waals surface area contributed by atoms with Crippen LogP contribution in [-0.4, -0.2) is 78.8 Å². The summed E-state index contributed by atoms with van der Waals surface area (Å²) in [6.07, 6.45) is 11.2. The van der Waals surface area contributed by atoms with Crippen LogP contribution in [0.15, 0.2) is 35.9 Å². The number of piperazine rings is 1. The third kappa shape index (κ3) is 4.20. The van der Waals surface area contributed by atoms with E-state index in [0.29, 0.717) is 5.76 Å². The van der Waals surface area contributed by atoms with Crippen LogP contribution in [0, 0.1) is 17.8 Å². The van der Waals surface area contributed by atoms with Crippen molar-refractivity contribution < 1.29 is 9.53 Å². The number of nitrogens with zero attached hydrogens (tertiary/aromatic N) is 3. The third-order valence-corrected chi connectivity index (χ3v) is 6.48. The molecular weight excluding hydrogens is 366 g/mol. The van der Waals surface area contributed by atoms with Crippen LogP contribution in [0.3, 0.4) is 0 Å². The van der Waals surface area contributed by atoms with Gasteiger partial charge in [0.2, 0.25) is 0 Å². The molecule has 0 spiro atoms. The Labute approximate surface area is 172 Å². The highest BCUT2D eigenvalue weighted by Crippen LogP contribution is 2.31. The number of fused-ring (bicyclic) bond motifs is 4. The van der Waals surface area contributed by atoms with Crippen molar-refractivity contribution in [2.75, 3.05) is 45.8 Å². The molecule has 29 heavy (non-hydrogen) atoms. The molecule has 6 heterocycles. The number of ether oxygens (including phenoxy) is 1. The van der Waals surface area contributed by atoms with E-state index in [1.165, 1.54) is 12.8 Å². The molecule has 2 unspecified atom stereocenters. The van der Waals surface area contributed by atoms with E-state index in [9.17, 15) is 4.79 Å². The van der Waals surface area contributed by atoms with Crippen molar-refractivity contribution in [1.29, 1.82) is 0 Å². The summed E-state index contributed by atoms with van der Waals surface area (Å²) in [6.45, 7) is 7.08. The molecule has 4 fully saturated rings. The van der Waals surface area contributed by atoms with Crippen molar-refractivity contribution >= 4 is 6.03 Å². The second-order valence-electron chi connectivity index (χ2n) is 8.43. The van der Waals surface area contributed by atoms with Gasteiger partial charge in [-0.1, -0.05) is 5.92 Å². The van der Waals surface area contributed by atoms with Crippen molar-refractivity contribution in [3.63, 3.8) is 0 Å². The van der Waals surface area contributed by atoms with Gasteiger partial charge in [0.1, 0.15) is 6.10 Å². The van der Waals surface area contributed by atoms with E-state index < -0.39 is 0 Å². The molecule has 6 aliphatic heterocycles. The summed E-state index contributed by atoms with van der Waals surface area (Å²) in [5.74, 6) is 7.80. The van der Waals surface area contributed by atoms with E-state index >= 15 is 0 Å². The van der Waals surface area contributed by atoms with Crippen molar-refractivity contribution in [1.82, 2.24) is 25.3 Å². The van der Waals surface area contributed by atoms with Gasteiger partial charge in [0.05, 0.1) is 12.7 Å². The van der Waals surface area contributed by atoms with E-state index in [1.54, 1.807) is 11.1 Å². The van der Waals surface area contributed by atoms with E-state index in [0.717, 1.165) is 63.7 Å². The lowest BCUT2D eigenvalue weighted by Crippen LogP contribution is -2.57. The molecule has 0 aromatic carbocycles. The molecule has 4 saturated heterocycles. The van der Waals surface area contributed by atoms with Crippen molar-refractivity contribution in [3.05, 3.63) is 35.9 Å². The summed E-state index contributed by atoms with van der Waals surface area (Å²) in [5.41, 5.74) is 0.972. The largest absolute Gasteiger partial charge is 0.473 e. The molecule has 2 atom stereocenters. The maximum absolute atomic E-state index is 12.8. The average molecular weight is 396 g/mol. The molecule has 6 rings (SSSR count). The van der Waals surface area contributed by atoms with Gasteiger partial charge >= 0.3 is 6.03 Å². The zero-order chi connectivity index (χ0) is 19.6. The first-order valence-electron chi connectivity index (χ1n) is 10.8. The molecule has 0 aromatic rings. The van der Waals surface area contributed by atoms with Gasteiger partial charge in [-0.25, -0.2) is 4.79 Å². The molecule has 6 aliphatic rings. The molecule has 7 heteroatoms. The fourth-order valence-corrected chi connectivity index (χ4v) is 4.74. The van der Waals surface area contributed by atoms with Crippen molar-refractivity contribution in [2.45, 2.75) is 31.5 Å². The Morgan fingerprint density at radius 1 is 1.24 bits per heavy atom. The van der Waals surface area contributed by atoms with Crippen molar-refractivity contribution in [2.24, 2.45) is 5.92 Å². The monoisotopic (exact) mass is 395 g/mol. The SMILES string of the molecule is O=C(NC1CC2CCN1CC2)N1C=CC2OC(C#CCN3CCNCC3)=CC2=C1. The van der Waals surface area contributed by atoms with E-state index in [4.69, 9.17) is 4.74 Å². The minimum Gasteiger partial charge on any atom is -0.473 e. The number of carbonyl (C=O) groups is 1.